The van der Waals surface area contributed by atoms with Crippen LogP contribution in [0.4, 0.5) is 0 Å². The fourth-order valence-corrected chi connectivity index (χ4v) is 2.45. The Labute approximate surface area is 89.7 Å². The van der Waals surface area contributed by atoms with E-state index in [-0.39, 0.29) is 0 Å². The number of nitrogens with one attached hydrogen (secondary N) is 1. The van der Waals surface area contributed by atoms with Crippen molar-refractivity contribution >= 4 is 0 Å². The van der Waals surface area contributed by atoms with E-state index in [0.29, 0.717) is 0 Å². The second-order valence-corrected chi connectivity index (χ2v) is 4.78. The zero-order chi connectivity index (χ0) is 10.2. The van der Waals surface area contributed by atoms with Gasteiger partial charge in [-0.05, 0) is 25.7 Å². The van der Waals surface area contributed by atoms with Gasteiger partial charge >= 0.3 is 0 Å². The highest BCUT2D eigenvalue weighted by molar-refractivity contribution is 4.82. The second-order valence-electron chi connectivity index (χ2n) is 4.78. The van der Waals surface area contributed by atoms with E-state index in [9.17, 15) is 0 Å². The molecular formula is C13H27N. The lowest BCUT2D eigenvalue weighted by Gasteiger charge is -2.13. The van der Waals surface area contributed by atoms with Gasteiger partial charge in [0.1, 0.15) is 0 Å². The number of rotatable bonds is 7. The Balaban J connectivity index is 2.02. The molecule has 0 amide bonds. The van der Waals surface area contributed by atoms with Crippen molar-refractivity contribution in [3.05, 3.63) is 0 Å². The molecular weight excluding hydrogens is 170 g/mol. The van der Waals surface area contributed by atoms with Gasteiger partial charge in [0.2, 0.25) is 0 Å². The minimum absolute atomic E-state index is 0.849. The maximum Gasteiger partial charge on any atom is 0.00702 e. The third kappa shape index (κ3) is 4.45. The average molecular weight is 197 g/mol. The maximum atomic E-state index is 3.78. The molecule has 0 radical (unpaired) electrons. The van der Waals surface area contributed by atoms with E-state index in [4.69, 9.17) is 0 Å². The molecule has 1 fully saturated rings. The summed E-state index contributed by atoms with van der Waals surface area (Å²) < 4.78 is 0. The third-order valence-electron chi connectivity index (χ3n) is 3.40. The first-order chi connectivity index (χ1) is 6.86. The minimum atomic E-state index is 0.849. The van der Waals surface area contributed by atoms with E-state index in [1.54, 1.807) is 0 Å². The van der Waals surface area contributed by atoms with Crippen LogP contribution in [0.25, 0.3) is 0 Å². The van der Waals surface area contributed by atoms with Crippen LogP contribution in [-0.2, 0) is 0 Å². The van der Waals surface area contributed by atoms with Gasteiger partial charge in [0.15, 0.2) is 0 Å². The molecule has 0 saturated carbocycles. The average Bonchev–Trinajstić information content (AvgIpc) is 2.63. The van der Waals surface area contributed by atoms with Gasteiger partial charge < -0.3 is 5.32 Å². The molecule has 0 bridgehead atoms. The van der Waals surface area contributed by atoms with Crippen LogP contribution in [0.1, 0.15) is 71.6 Å². The molecule has 0 unspecified atom stereocenters. The topological polar surface area (TPSA) is 12.0 Å². The first kappa shape index (κ1) is 12.0. The van der Waals surface area contributed by atoms with Gasteiger partial charge in [-0.25, -0.2) is 0 Å². The highest BCUT2D eigenvalue weighted by atomic mass is 15.0. The molecule has 0 aromatic carbocycles. The fourth-order valence-electron chi connectivity index (χ4n) is 2.45. The first-order valence-corrected chi connectivity index (χ1v) is 6.62. The molecule has 1 aliphatic rings. The zero-order valence-electron chi connectivity index (χ0n) is 10.0. The molecule has 1 N–H and O–H groups in total. The van der Waals surface area contributed by atoms with Crippen LogP contribution in [0.2, 0.25) is 0 Å². The van der Waals surface area contributed by atoms with Crippen molar-refractivity contribution < 1.29 is 0 Å². The van der Waals surface area contributed by atoms with E-state index in [1.807, 2.05) is 0 Å². The van der Waals surface area contributed by atoms with Crippen LogP contribution in [-0.4, -0.2) is 12.1 Å². The Bertz CT molecular complexity index is 133. The molecule has 2 atom stereocenters. The summed E-state index contributed by atoms with van der Waals surface area (Å²) in [5.41, 5.74) is 0. The summed E-state index contributed by atoms with van der Waals surface area (Å²) in [6, 6.07) is 1.70. The number of unbranched alkanes of at least 4 members (excludes halogenated alkanes) is 3. The van der Waals surface area contributed by atoms with Gasteiger partial charge in [-0.1, -0.05) is 46.0 Å². The predicted octanol–water partition coefficient (Wildman–Crippen LogP) is 3.88. The number of hydrogen-bond acceptors (Lipinski definition) is 1. The molecule has 0 aromatic rings. The lowest BCUT2D eigenvalue weighted by Crippen LogP contribution is -2.29. The van der Waals surface area contributed by atoms with Crippen molar-refractivity contribution in [3.8, 4) is 0 Å². The van der Waals surface area contributed by atoms with Crippen molar-refractivity contribution in [2.75, 3.05) is 0 Å². The Kier molecular flexibility index (Phi) is 6.25. The van der Waals surface area contributed by atoms with Crippen LogP contribution in [0, 0.1) is 0 Å². The van der Waals surface area contributed by atoms with Crippen LogP contribution < -0.4 is 5.32 Å². The summed E-state index contributed by atoms with van der Waals surface area (Å²) in [5, 5.41) is 3.78. The van der Waals surface area contributed by atoms with E-state index < -0.39 is 0 Å². The lowest BCUT2D eigenvalue weighted by molar-refractivity contribution is 0.465. The molecule has 84 valence electrons. The second kappa shape index (κ2) is 7.28. The van der Waals surface area contributed by atoms with E-state index >= 15 is 0 Å². The fraction of sp³-hybridized carbons (Fsp3) is 1.00. The van der Waals surface area contributed by atoms with Gasteiger partial charge in [-0.3, -0.25) is 0 Å². The molecule has 0 spiro atoms. The zero-order valence-corrected chi connectivity index (χ0v) is 10.0. The van der Waals surface area contributed by atoms with Gasteiger partial charge in [-0.2, -0.15) is 0 Å². The van der Waals surface area contributed by atoms with E-state index in [2.05, 4.69) is 19.2 Å². The van der Waals surface area contributed by atoms with Crippen molar-refractivity contribution in [3.63, 3.8) is 0 Å². The predicted molar refractivity (Wildman–Crippen MR) is 63.6 cm³/mol. The molecule has 1 heterocycles. The summed E-state index contributed by atoms with van der Waals surface area (Å²) in [6.45, 7) is 4.57. The normalized spacial score (nSPS) is 27.0. The molecule has 1 rings (SSSR count). The van der Waals surface area contributed by atoms with E-state index in [1.165, 1.54) is 57.8 Å². The molecule has 0 aliphatic carbocycles. The summed E-state index contributed by atoms with van der Waals surface area (Å²) in [4.78, 5) is 0. The van der Waals surface area contributed by atoms with Crippen molar-refractivity contribution in [1.82, 2.24) is 5.32 Å². The van der Waals surface area contributed by atoms with Crippen molar-refractivity contribution in [2.45, 2.75) is 83.7 Å². The maximum absolute atomic E-state index is 3.78. The van der Waals surface area contributed by atoms with Gasteiger partial charge in [0, 0.05) is 12.1 Å². The Morgan fingerprint density at radius 3 is 2.00 bits per heavy atom. The Morgan fingerprint density at radius 2 is 1.43 bits per heavy atom. The number of hydrogen-bond donors (Lipinski definition) is 1. The van der Waals surface area contributed by atoms with Gasteiger partial charge in [-0.15, -0.1) is 0 Å². The van der Waals surface area contributed by atoms with Crippen LogP contribution in [0.3, 0.4) is 0 Å². The smallest absolute Gasteiger partial charge is 0.00702 e. The monoisotopic (exact) mass is 197 g/mol. The third-order valence-corrected chi connectivity index (χ3v) is 3.40. The van der Waals surface area contributed by atoms with Crippen LogP contribution >= 0.6 is 0 Å². The summed E-state index contributed by atoms with van der Waals surface area (Å²) in [5.74, 6) is 0. The van der Waals surface area contributed by atoms with Gasteiger partial charge in [0.25, 0.3) is 0 Å². The minimum Gasteiger partial charge on any atom is -0.311 e. The molecule has 0 aromatic heterocycles. The molecule has 1 heteroatoms. The van der Waals surface area contributed by atoms with Gasteiger partial charge in [0.05, 0.1) is 0 Å². The molecule has 1 saturated heterocycles. The molecule has 1 nitrogen and oxygen atoms in total. The molecule has 1 aliphatic heterocycles. The Hall–Kier alpha value is -0.0400. The summed E-state index contributed by atoms with van der Waals surface area (Å²) in [7, 11) is 0. The largest absolute Gasteiger partial charge is 0.311 e. The van der Waals surface area contributed by atoms with Crippen molar-refractivity contribution in [2.24, 2.45) is 0 Å². The summed E-state index contributed by atoms with van der Waals surface area (Å²) >= 11 is 0. The van der Waals surface area contributed by atoms with E-state index in [0.717, 1.165) is 12.1 Å². The SMILES string of the molecule is CCCCC[C@H]1CC[C@@H](CCCC)N1. The van der Waals surface area contributed by atoms with Crippen LogP contribution in [0.15, 0.2) is 0 Å². The van der Waals surface area contributed by atoms with Crippen LogP contribution in [0.5, 0.6) is 0 Å². The quantitative estimate of drug-likeness (QED) is 0.611. The highest BCUT2D eigenvalue weighted by Crippen LogP contribution is 2.20. The standard InChI is InChI=1S/C13H27N/c1-3-5-7-9-13-11-10-12(14-13)8-6-4-2/h12-14H,3-11H2,1-2H3/t12-,13+/m1/s1. The lowest BCUT2D eigenvalue weighted by atomic mass is 10.1. The first-order valence-electron chi connectivity index (χ1n) is 6.62. The van der Waals surface area contributed by atoms with Crippen molar-refractivity contribution in [1.29, 1.82) is 0 Å². The Morgan fingerprint density at radius 1 is 0.857 bits per heavy atom. The highest BCUT2D eigenvalue weighted by Gasteiger charge is 2.21. The summed E-state index contributed by atoms with van der Waals surface area (Å²) in [6.07, 6.45) is 12.6. The molecule has 14 heavy (non-hydrogen) atoms.